The van der Waals surface area contributed by atoms with Crippen LogP contribution in [-0.4, -0.2) is 66.6 Å². The van der Waals surface area contributed by atoms with Crippen molar-refractivity contribution < 1.29 is 0 Å². The van der Waals surface area contributed by atoms with Gasteiger partial charge < -0.3 is 10.6 Å². The molecular formula is C15H31N3S. The summed E-state index contributed by atoms with van der Waals surface area (Å²) in [5.74, 6) is 2.18. The molecule has 0 aromatic rings. The molecule has 4 heteroatoms. The Hall–Kier alpha value is 0.230. The van der Waals surface area contributed by atoms with E-state index in [-0.39, 0.29) is 5.54 Å². The average Bonchev–Trinajstić information content (AvgIpc) is 2.42. The van der Waals surface area contributed by atoms with Crippen LogP contribution in [0.2, 0.25) is 0 Å². The lowest BCUT2D eigenvalue weighted by Crippen LogP contribution is -2.60. The minimum atomic E-state index is 0.242. The summed E-state index contributed by atoms with van der Waals surface area (Å²) in [7, 11) is 4.55. The van der Waals surface area contributed by atoms with Crippen LogP contribution in [0.3, 0.4) is 0 Å². The summed E-state index contributed by atoms with van der Waals surface area (Å²) in [4.78, 5) is 5.06. The first kappa shape index (κ1) is 15.6. The zero-order valence-electron chi connectivity index (χ0n) is 12.9. The van der Waals surface area contributed by atoms with E-state index in [1.54, 1.807) is 0 Å². The molecular weight excluding hydrogens is 254 g/mol. The van der Waals surface area contributed by atoms with Crippen molar-refractivity contribution in [1.29, 1.82) is 0 Å². The van der Waals surface area contributed by atoms with Gasteiger partial charge >= 0.3 is 0 Å². The Morgan fingerprint density at radius 3 is 2.63 bits per heavy atom. The van der Waals surface area contributed by atoms with Crippen LogP contribution < -0.4 is 5.73 Å². The Kier molecular flexibility index (Phi) is 5.58. The quantitative estimate of drug-likeness (QED) is 0.855. The monoisotopic (exact) mass is 285 g/mol. The lowest BCUT2D eigenvalue weighted by atomic mass is 9.86. The number of rotatable bonds is 4. The standard InChI is InChI=1S/C15H31N3S/c1-13-15(12-16,7-4-10-19-13)18(3)11-14-5-8-17(2)9-6-14/h13-14H,4-12,16H2,1-3H3. The minimum Gasteiger partial charge on any atom is -0.329 e. The van der Waals surface area contributed by atoms with Gasteiger partial charge in [-0.05, 0) is 64.5 Å². The maximum Gasteiger partial charge on any atom is 0.0444 e. The van der Waals surface area contributed by atoms with Crippen molar-refractivity contribution in [2.24, 2.45) is 11.7 Å². The van der Waals surface area contributed by atoms with E-state index in [0.717, 1.165) is 12.5 Å². The Morgan fingerprint density at radius 1 is 1.37 bits per heavy atom. The highest BCUT2D eigenvalue weighted by Gasteiger charge is 2.41. The van der Waals surface area contributed by atoms with E-state index in [2.05, 4.69) is 42.6 Å². The summed E-state index contributed by atoms with van der Waals surface area (Å²) in [6, 6.07) is 0. The summed E-state index contributed by atoms with van der Waals surface area (Å²) in [5, 5.41) is 0.669. The highest BCUT2D eigenvalue weighted by atomic mass is 32.2. The molecule has 19 heavy (non-hydrogen) atoms. The van der Waals surface area contributed by atoms with Crippen molar-refractivity contribution >= 4 is 11.8 Å². The number of thioether (sulfide) groups is 1. The Labute approximate surface area is 123 Å². The van der Waals surface area contributed by atoms with Gasteiger partial charge in [-0.3, -0.25) is 4.90 Å². The van der Waals surface area contributed by atoms with Crippen LogP contribution >= 0.6 is 11.8 Å². The summed E-state index contributed by atoms with van der Waals surface area (Å²) in [5.41, 5.74) is 6.44. The molecule has 0 spiro atoms. The fraction of sp³-hybridized carbons (Fsp3) is 1.00. The molecule has 0 saturated carbocycles. The number of nitrogens with two attached hydrogens (primary N) is 1. The molecule has 2 aliphatic heterocycles. The lowest BCUT2D eigenvalue weighted by molar-refractivity contribution is 0.0760. The van der Waals surface area contributed by atoms with Gasteiger partial charge in [-0.1, -0.05) is 6.92 Å². The highest BCUT2D eigenvalue weighted by Crippen LogP contribution is 2.38. The third kappa shape index (κ3) is 3.46. The van der Waals surface area contributed by atoms with Gasteiger partial charge in [0.2, 0.25) is 0 Å². The first-order valence-electron chi connectivity index (χ1n) is 7.80. The molecule has 0 aromatic carbocycles. The number of hydrogen-bond acceptors (Lipinski definition) is 4. The van der Waals surface area contributed by atoms with Gasteiger partial charge in [-0.15, -0.1) is 0 Å². The molecule has 2 fully saturated rings. The van der Waals surface area contributed by atoms with Crippen molar-refractivity contribution in [1.82, 2.24) is 9.80 Å². The Morgan fingerprint density at radius 2 is 2.05 bits per heavy atom. The number of likely N-dealkylation sites (N-methyl/N-ethyl adjacent to an activating group) is 1. The van der Waals surface area contributed by atoms with Crippen molar-refractivity contribution in [3.8, 4) is 0 Å². The lowest BCUT2D eigenvalue weighted by Gasteiger charge is -2.49. The summed E-state index contributed by atoms with van der Waals surface area (Å²) < 4.78 is 0. The number of nitrogens with zero attached hydrogens (tertiary/aromatic N) is 2. The molecule has 0 aromatic heterocycles. The second-order valence-electron chi connectivity index (χ2n) is 6.55. The SMILES string of the molecule is CC1SCCCC1(CN)N(C)CC1CCN(C)CC1. The van der Waals surface area contributed by atoms with E-state index in [4.69, 9.17) is 5.73 Å². The molecule has 2 unspecified atom stereocenters. The zero-order valence-corrected chi connectivity index (χ0v) is 13.7. The van der Waals surface area contributed by atoms with Gasteiger partial charge in [-0.25, -0.2) is 0 Å². The fourth-order valence-corrected chi connectivity index (χ4v) is 5.10. The molecule has 2 atom stereocenters. The molecule has 2 aliphatic rings. The molecule has 2 N–H and O–H groups in total. The molecule has 0 aliphatic carbocycles. The second-order valence-corrected chi connectivity index (χ2v) is 8.00. The van der Waals surface area contributed by atoms with Crippen molar-refractivity contribution in [3.63, 3.8) is 0 Å². The predicted octanol–water partition coefficient (Wildman–Crippen LogP) is 1.87. The van der Waals surface area contributed by atoms with Gasteiger partial charge in [0, 0.05) is 23.9 Å². The zero-order chi connectivity index (χ0) is 13.9. The van der Waals surface area contributed by atoms with Gasteiger partial charge in [0.05, 0.1) is 0 Å². The summed E-state index contributed by atoms with van der Waals surface area (Å²) >= 11 is 2.11. The molecule has 2 saturated heterocycles. The third-order valence-electron chi connectivity index (χ3n) is 5.36. The van der Waals surface area contributed by atoms with E-state index in [1.807, 2.05) is 0 Å². The van der Waals surface area contributed by atoms with Crippen LogP contribution in [0.1, 0.15) is 32.6 Å². The van der Waals surface area contributed by atoms with Gasteiger partial charge in [0.25, 0.3) is 0 Å². The molecule has 3 nitrogen and oxygen atoms in total. The van der Waals surface area contributed by atoms with Crippen molar-refractivity contribution in [3.05, 3.63) is 0 Å². The molecule has 0 bridgehead atoms. The molecule has 2 heterocycles. The molecule has 0 radical (unpaired) electrons. The normalized spacial score (nSPS) is 34.9. The smallest absolute Gasteiger partial charge is 0.0444 e. The van der Waals surface area contributed by atoms with E-state index >= 15 is 0 Å². The van der Waals surface area contributed by atoms with Gasteiger partial charge in [0.1, 0.15) is 0 Å². The summed E-state index contributed by atoms with van der Waals surface area (Å²) in [6.45, 7) is 6.94. The van der Waals surface area contributed by atoms with Crippen LogP contribution in [0, 0.1) is 5.92 Å². The van der Waals surface area contributed by atoms with E-state index in [0.29, 0.717) is 5.25 Å². The largest absolute Gasteiger partial charge is 0.329 e. The highest BCUT2D eigenvalue weighted by molar-refractivity contribution is 8.00. The first-order valence-corrected chi connectivity index (χ1v) is 8.85. The van der Waals surface area contributed by atoms with Gasteiger partial charge in [0.15, 0.2) is 0 Å². The van der Waals surface area contributed by atoms with Crippen LogP contribution in [0.25, 0.3) is 0 Å². The third-order valence-corrected chi connectivity index (χ3v) is 6.83. The summed E-state index contributed by atoms with van der Waals surface area (Å²) in [6.07, 6.45) is 5.30. The topological polar surface area (TPSA) is 32.5 Å². The number of likely N-dealkylation sites (tertiary alicyclic amines) is 1. The Balaban J connectivity index is 1.94. The van der Waals surface area contributed by atoms with Crippen LogP contribution in [0.15, 0.2) is 0 Å². The number of hydrogen-bond donors (Lipinski definition) is 1. The predicted molar refractivity (Wildman–Crippen MR) is 85.8 cm³/mol. The van der Waals surface area contributed by atoms with E-state index in [9.17, 15) is 0 Å². The van der Waals surface area contributed by atoms with E-state index < -0.39 is 0 Å². The molecule has 0 amide bonds. The van der Waals surface area contributed by atoms with Crippen LogP contribution in [-0.2, 0) is 0 Å². The Bertz CT molecular complexity index is 279. The second kappa shape index (κ2) is 6.79. The van der Waals surface area contributed by atoms with Crippen molar-refractivity contribution in [2.45, 2.75) is 43.4 Å². The molecule has 112 valence electrons. The fourth-order valence-electron chi connectivity index (χ4n) is 3.74. The van der Waals surface area contributed by atoms with Crippen molar-refractivity contribution in [2.75, 3.05) is 46.0 Å². The number of piperidine rings is 1. The average molecular weight is 286 g/mol. The first-order chi connectivity index (χ1) is 9.08. The van der Waals surface area contributed by atoms with Crippen LogP contribution in [0.5, 0.6) is 0 Å². The van der Waals surface area contributed by atoms with Gasteiger partial charge in [-0.2, -0.15) is 11.8 Å². The minimum absolute atomic E-state index is 0.242. The maximum atomic E-state index is 6.19. The maximum absolute atomic E-state index is 6.19. The molecule has 2 rings (SSSR count). The van der Waals surface area contributed by atoms with E-state index in [1.165, 1.54) is 51.1 Å². The van der Waals surface area contributed by atoms with Crippen LogP contribution in [0.4, 0.5) is 0 Å².